The van der Waals surface area contributed by atoms with Crippen LogP contribution >= 0.6 is 11.6 Å². The van der Waals surface area contributed by atoms with Gasteiger partial charge < -0.3 is 10.4 Å². The first-order valence-electron chi connectivity index (χ1n) is 8.41. The fraction of sp³-hybridized carbons (Fsp3) is 0.100. The molecule has 0 radical (unpaired) electrons. The first-order chi connectivity index (χ1) is 13.4. The Bertz CT molecular complexity index is 1060. The number of anilines is 1. The number of carbonyl (C=O) groups excluding carboxylic acids is 2. The number of carboxylic acids is 1. The first-order valence-corrected chi connectivity index (χ1v) is 8.79. The molecular formula is C20H14ClN3O4. The molecule has 2 N–H and O–H groups in total. The second kappa shape index (κ2) is 6.61. The van der Waals surface area contributed by atoms with Gasteiger partial charge in [0, 0.05) is 34.8 Å². The van der Waals surface area contributed by atoms with Crippen LogP contribution in [0, 0.1) is 0 Å². The van der Waals surface area contributed by atoms with Crippen molar-refractivity contribution < 1.29 is 19.5 Å². The zero-order valence-corrected chi connectivity index (χ0v) is 15.2. The van der Waals surface area contributed by atoms with Crippen LogP contribution in [-0.2, 0) is 19.9 Å². The first kappa shape index (κ1) is 17.9. The number of hydrogen-bond donors (Lipinski definition) is 2. The van der Waals surface area contributed by atoms with Crippen molar-refractivity contribution in [2.45, 2.75) is 12.0 Å². The molecule has 0 bridgehead atoms. The van der Waals surface area contributed by atoms with E-state index in [0.29, 0.717) is 22.0 Å². The summed E-state index contributed by atoms with van der Waals surface area (Å²) >= 11 is 5.95. The van der Waals surface area contributed by atoms with Gasteiger partial charge in [0.15, 0.2) is 5.54 Å². The summed E-state index contributed by atoms with van der Waals surface area (Å²) in [5.41, 5.74) is 1.09. The topological polar surface area (TPSA) is 99.1 Å². The zero-order chi connectivity index (χ0) is 19.9. The number of fused-ring (bicyclic) bond motifs is 2. The highest BCUT2D eigenvalue weighted by Crippen LogP contribution is 2.47. The van der Waals surface area contributed by atoms with Crippen LogP contribution in [0.5, 0.6) is 0 Å². The Labute approximate surface area is 164 Å². The number of para-hydroxylation sites is 1. The molecule has 140 valence electrons. The monoisotopic (exact) mass is 395 g/mol. The standard InChI is InChI=1S/C20H14ClN3O4/c21-13-7-5-12(6-8-13)16-11-20(24(23-16)17(25)9-10-18(26)27)14-3-1-2-4-15(14)22-19(20)28/h1-10H,11H2,(H,22,28)(H,26,27)/b10-9+/t20-/m0/s1. The van der Waals surface area contributed by atoms with Gasteiger partial charge in [-0.3, -0.25) is 9.59 Å². The SMILES string of the molecule is O=C(O)/C=C/C(=O)N1N=C(c2ccc(Cl)cc2)C[C@]12C(=O)Nc1ccccc12. The Kier molecular flexibility index (Phi) is 4.24. The zero-order valence-electron chi connectivity index (χ0n) is 14.4. The van der Waals surface area contributed by atoms with Crippen molar-refractivity contribution >= 4 is 40.8 Å². The molecule has 0 aliphatic carbocycles. The van der Waals surface area contributed by atoms with E-state index in [9.17, 15) is 14.4 Å². The van der Waals surface area contributed by atoms with Gasteiger partial charge in [0.2, 0.25) is 0 Å². The van der Waals surface area contributed by atoms with E-state index in [1.165, 1.54) is 0 Å². The van der Waals surface area contributed by atoms with E-state index in [4.69, 9.17) is 16.7 Å². The summed E-state index contributed by atoms with van der Waals surface area (Å²) in [6.07, 6.45) is 1.78. The van der Waals surface area contributed by atoms with E-state index in [0.717, 1.165) is 22.7 Å². The van der Waals surface area contributed by atoms with Gasteiger partial charge in [-0.1, -0.05) is 41.9 Å². The van der Waals surface area contributed by atoms with Gasteiger partial charge in [-0.05, 0) is 23.8 Å². The Morgan fingerprint density at radius 1 is 1.14 bits per heavy atom. The van der Waals surface area contributed by atoms with Gasteiger partial charge in [0.05, 0.1) is 5.71 Å². The molecule has 0 fully saturated rings. The molecule has 2 amide bonds. The van der Waals surface area contributed by atoms with E-state index in [1.54, 1.807) is 48.5 Å². The number of nitrogens with zero attached hydrogens (tertiary/aromatic N) is 2. The Morgan fingerprint density at radius 3 is 2.57 bits per heavy atom. The molecule has 8 heteroatoms. The molecule has 2 aromatic rings. The molecule has 4 rings (SSSR count). The van der Waals surface area contributed by atoms with Crippen LogP contribution < -0.4 is 5.32 Å². The summed E-state index contributed by atoms with van der Waals surface area (Å²) in [6.45, 7) is 0. The lowest BCUT2D eigenvalue weighted by atomic mass is 9.85. The molecule has 2 aliphatic heterocycles. The lowest BCUT2D eigenvalue weighted by Gasteiger charge is -2.29. The third-order valence-electron chi connectivity index (χ3n) is 4.76. The average molecular weight is 396 g/mol. The maximum atomic E-state index is 13.0. The molecular weight excluding hydrogens is 382 g/mol. The van der Waals surface area contributed by atoms with Gasteiger partial charge in [-0.2, -0.15) is 5.10 Å². The van der Waals surface area contributed by atoms with Crippen LogP contribution in [0.3, 0.4) is 0 Å². The summed E-state index contributed by atoms with van der Waals surface area (Å²) < 4.78 is 0. The van der Waals surface area contributed by atoms with Gasteiger partial charge in [0.25, 0.3) is 11.8 Å². The van der Waals surface area contributed by atoms with Crippen molar-refractivity contribution in [3.8, 4) is 0 Å². The minimum atomic E-state index is -1.37. The fourth-order valence-electron chi connectivity index (χ4n) is 3.50. The van der Waals surface area contributed by atoms with E-state index < -0.39 is 23.3 Å². The number of amides is 2. The van der Waals surface area contributed by atoms with Crippen LogP contribution in [-0.4, -0.2) is 33.6 Å². The molecule has 0 saturated carbocycles. The number of aliphatic carboxylic acids is 1. The van der Waals surface area contributed by atoms with E-state index in [-0.39, 0.29) is 6.42 Å². The maximum Gasteiger partial charge on any atom is 0.328 e. The van der Waals surface area contributed by atoms with E-state index in [2.05, 4.69) is 10.4 Å². The van der Waals surface area contributed by atoms with Crippen molar-refractivity contribution in [1.29, 1.82) is 0 Å². The van der Waals surface area contributed by atoms with E-state index >= 15 is 0 Å². The number of benzene rings is 2. The highest BCUT2D eigenvalue weighted by atomic mass is 35.5. The van der Waals surface area contributed by atoms with Crippen LogP contribution in [0.2, 0.25) is 5.02 Å². The second-order valence-corrected chi connectivity index (χ2v) is 6.85. The van der Waals surface area contributed by atoms with Crippen LogP contribution in [0.1, 0.15) is 17.5 Å². The van der Waals surface area contributed by atoms with Crippen LogP contribution in [0.25, 0.3) is 0 Å². The van der Waals surface area contributed by atoms with Gasteiger partial charge in [-0.25, -0.2) is 9.80 Å². The molecule has 1 atom stereocenters. The molecule has 0 aromatic heterocycles. The van der Waals surface area contributed by atoms with Crippen LogP contribution in [0.15, 0.2) is 65.8 Å². The smallest absolute Gasteiger partial charge is 0.328 e. The highest BCUT2D eigenvalue weighted by Gasteiger charge is 2.57. The molecule has 2 aromatic carbocycles. The average Bonchev–Trinajstić information content (AvgIpc) is 3.21. The lowest BCUT2D eigenvalue weighted by Crippen LogP contribution is -2.48. The number of hydrogen-bond acceptors (Lipinski definition) is 4. The van der Waals surface area contributed by atoms with Crippen molar-refractivity contribution in [3.63, 3.8) is 0 Å². The largest absolute Gasteiger partial charge is 0.478 e. The predicted molar refractivity (Wildman–Crippen MR) is 103 cm³/mol. The summed E-state index contributed by atoms with van der Waals surface area (Å²) in [4.78, 5) is 36.6. The minimum absolute atomic E-state index is 0.157. The predicted octanol–water partition coefficient (Wildman–Crippen LogP) is 2.76. The van der Waals surface area contributed by atoms with Gasteiger partial charge in [-0.15, -0.1) is 0 Å². The molecule has 1 spiro atoms. The fourth-order valence-corrected chi connectivity index (χ4v) is 3.62. The van der Waals surface area contributed by atoms with Gasteiger partial charge in [0.1, 0.15) is 0 Å². The Balaban J connectivity index is 1.84. The summed E-state index contributed by atoms with van der Waals surface area (Å²) in [5, 5.41) is 17.7. The number of nitrogens with one attached hydrogen (secondary N) is 1. The molecule has 28 heavy (non-hydrogen) atoms. The number of carbonyl (C=O) groups is 3. The van der Waals surface area contributed by atoms with E-state index in [1.807, 2.05) is 0 Å². The Morgan fingerprint density at radius 2 is 1.86 bits per heavy atom. The van der Waals surface area contributed by atoms with Crippen molar-refractivity contribution in [1.82, 2.24) is 5.01 Å². The number of hydrazone groups is 1. The molecule has 0 saturated heterocycles. The quantitative estimate of drug-likeness (QED) is 0.780. The lowest BCUT2D eigenvalue weighted by molar-refractivity contribution is -0.140. The maximum absolute atomic E-state index is 13.0. The molecule has 2 heterocycles. The second-order valence-electron chi connectivity index (χ2n) is 6.41. The van der Waals surface area contributed by atoms with Crippen LogP contribution in [0.4, 0.5) is 5.69 Å². The normalized spacial score (nSPS) is 20.4. The Hall–Kier alpha value is -3.45. The third-order valence-corrected chi connectivity index (χ3v) is 5.01. The number of carboxylic acid groups (broad SMARTS) is 1. The minimum Gasteiger partial charge on any atom is -0.478 e. The summed E-state index contributed by atoms with van der Waals surface area (Å²) in [6, 6.07) is 14.0. The third kappa shape index (κ3) is 2.76. The van der Waals surface area contributed by atoms with Crippen molar-refractivity contribution in [2.24, 2.45) is 5.10 Å². The summed E-state index contributed by atoms with van der Waals surface area (Å²) in [7, 11) is 0. The van der Waals surface area contributed by atoms with Crippen molar-refractivity contribution in [3.05, 3.63) is 76.8 Å². The number of rotatable bonds is 3. The molecule has 0 unspecified atom stereocenters. The van der Waals surface area contributed by atoms with Crippen molar-refractivity contribution in [2.75, 3.05) is 5.32 Å². The molecule has 2 aliphatic rings. The summed E-state index contributed by atoms with van der Waals surface area (Å²) in [5.74, 6) is -2.35. The van der Waals surface area contributed by atoms with Gasteiger partial charge >= 0.3 is 5.97 Å². The molecule has 7 nitrogen and oxygen atoms in total. The number of halogens is 1. The highest BCUT2D eigenvalue weighted by molar-refractivity contribution is 6.30.